The molecule has 3 unspecified atom stereocenters. The van der Waals surface area contributed by atoms with Crippen LogP contribution in [0.5, 0.6) is 0 Å². The number of aromatic nitrogens is 1. The van der Waals surface area contributed by atoms with E-state index in [1.807, 2.05) is 11.3 Å². The third-order valence-corrected chi connectivity index (χ3v) is 15.5. The summed E-state index contributed by atoms with van der Waals surface area (Å²) in [6.07, 6.45) is 9.46. The van der Waals surface area contributed by atoms with Gasteiger partial charge in [-0.3, -0.25) is 0 Å². The molecule has 4 heterocycles. The quantitative estimate of drug-likeness (QED) is 0.191. The zero-order valence-corrected chi connectivity index (χ0v) is 36.3. The van der Waals surface area contributed by atoms with E-state index in [0.29, 0.717) is 0 Å². The van der Waals surface area contributed by atoms with Gasteiger partial charge in [0.1, 0.15) is 6.04 Å². The van der Waals surface area contributed by atoms with Crippen LogP contribution in [0.4, 0.5) is 11.4 Å². The zero-order valence-electron chi connectivity index (χ0n) is 35.5. The molecule has 0 saturated heterocycles. The van der Waals surface area contributed by atoms with Crippen LogP contribution in [0.3, 0.4) is 0 Å². The van der Waals surface area contributed by atoms with Crippen molar-refractivity contribution in [2.45, 2.75) is 30.8 Å². The van der Waals surface area contributed by atoms with Gasteiger partial charge >= 0.3 is 0 Å². The number of aliphatic imine (C=N–C) groups is 1. The molecule has 0 amide bonds. The van der Waals surface area contributed by atoms with Crippen molar-refractivity contribution < 1.29 is 0 Å². The number of anilines is 2. The summed E-state index contributed by atoms with van der Waals surface area (Å²) in [7, 11) is 0. The Labute approximate surface area is 381 Å². The number of fused-ring (bicyclic) bond motifs is 12. The molecule has 308 valence electrons. The smallest absolute Gasteiger partial charge is 0.204 e. The van der Waals surface area contributed by atoms with E-state index in [4.69, 9.17) is 4.99 Å². The Morgan fingerprint density at radius 1 is 0.600 bits per heavy atom. The minimum atomic E-state index is -0.162. The summed E-state index contributed by atoms with van der Waals surface area (Å²) in [6.45, 7) is 0. The molecule has 5 heteroatoms. The van der Waals surface area contributed by atoms with Gasteiger partial charge in [-0.25, -0.2) is 4.99 Å². The lowest BCUT2D eigenvalue weighted by molar-refractivity contribution is 0.707. The van der Waals surface area contributed by atoms with E-state index in [2.05, 4.69) is 221 Å². The molecule has 4 aliphatic rings. The van der Waals surface area contributed by atoms with Crippen LogP contribution >= 0.6 is 11.3 Å². The second-order valence-electron chi connectivity index (χ2n) is 17.7. The lowest BCUT2D eigenvalue weighted by Crippen LogP contribution is -2.45. The fraction of sp³-hybridized carbons (Fsp3) is 0.0833. The maximum Gasteiger partial charge on any atom is 0.204 e. The summed E-state index contributed by atoms with van der Waals surface area (Å²) in [5.74, 6) is 1.06. The Kier molecular flexibility index (Phi) is 8.13. The van der Waals surface area contributed by atoms with Gasteiger partial charge in [0, 0.05) is 59.5 Å². The van der Waals surface area contributed by atoms with Crippen LogP contribution in [0.2, 0.25) is 0 Å². The Morgan fingerprint density at radius 2 is 1.32 bits per heavy atom. The lowest BCUT2D eigenvalue weighted by atomic mass is 9.73. The maximum atomic E-state index is 5.69. The van der Waals surface area contributed by atoms with Crippen molar-refractivity contribution in [3.05, 3.63) is 240 Å². The molecule has 0 saturated carbocycles. The highest BCUT2D eigenvalue weighted by Gasteiger charge is 2.45. The summed E-state index contributed by atoms with van der Waals surface area (Å²) in [4.78, 5) is 8.20. The molecule has 0 fully saturated rings. The Morgan fingerprint density at radius 3 is 2.20 bits per heavy atom. The Bertz CT molecular complexity index is 3700. The van der Waals surface area contributed by atoms with Gasteiger partial charge in [-0.15, -0.1) is 11.3 Å². The summed E-state index contributed by atoms with van der Waals surface area (Å²) >= 11 is 1.92. The topological polar surface area (TPSA) is 32.6 Å². The fourth-order valence-electron chi connectivity index (χ4n) is 11.4. The molecule has 2 aliphatic heterocycles. The third-order valence-electron chi connectivity index (χ3n) is 14.3. The first kappa shape index (κ1) is 36.7. The van der Waals surface area contributed by atoms with E-state index in [9.17, 15) is 0 Å². The van der Waals surface area contributed by atoms with Crippen molar-refractivity contribution in [1.82, 2.24) is 4.57 Å². The zero-order chi connectivity index (χ0) is 42.6. The van der Waals surface area contributed by atoms with Crippen molar-refractivity contribution in [2.24, 2.45) is 4.99 Å². The molecule has 4 nitrogen and oxygen atoms in total. The van der Waals surface area contributed by atoms with Gasteiger partial charge in [-0.2, -0.15) is 0 Å². The number of benzene rings is 8. The molecule has 8 aromatic carbocycles. The molecule has 2 aromatic heterocycles. The average Bonchev–Trinajstić information content (AvgIpc) is 4.04. The molecule has 0 spiro atoms. The van der Waals surface area contributed by atoms with Crippen molar-refractivity contribution in [3.8, 4) is 16.8 Å². The van der Waals surface area contributed by atoms with Gasteiger partial charge in [-0.05, 0) is 106 Å². The molecule has 14 rings (SSSR count). The van der Waals surface area contributed by atoms with Crippen molar-refractivity contribution in [1.29, 1.82) is 0 Å². The van der Waals surface area contributed by atoms with E-state index >= 15 is 0 Å². The number of guanidine groups is 1. The SMILES string of the molecule is C1=CC2=C(CC1)C(c1ccc3c(c1)c1c4sc5ccccc5c4ccc1n3-c1ccccc1)=CC1C2c2ccccc2N1C1=NC(c2ccc(-c3ccccc3)cc2)c2ccccc2N1. The first-order valence-electron chi connectivity index (χ1n) is 22.8. The maximum absolute atomic E-state index is 5.69. The number of hydrogen-bond donors (Lipinski definition) is 1. The van der Waals surface area contributed by atoms with Crippen LogP contribution in [0.15, 0.2) is 222 Å². The molecule has 65 heavy (non-hydrogen) atoms. The Balaban J connectivity index is 0.953. The third kappa shape index (κ3) is 5.58. The molecule has 0 radical (unpaired) electrons. The minimum absolute atomic E-state index is 0.0113. The molecule has 3 atom stereocenters. The Hall–Kier alpha value is -7.73. The number of nitrogens with one attached hydrogen (secondary N) is 1. The number of hydrogen-bond acceptors (Lipinski definition) is 4. The van der Waals surface area contributed by atoms with Crippen LogP contribution in [0.1, 0.15) is 47.1 Å². The highest BCUT2D eigenvalue weighted by molar-refractivity contribution is 7.26. The number of allylic oxidation sites excluding steroid dienone is 4. The number of para-hydroxylation sites is 3. The summed E-state index contributed by atoms with van der Waals surface area (Å²) < 4.78 is 5.14. The van der Waals surface area contributed by atoms with E-state index < -0.39 is 0 Å². The summed E-state index contributed by atoms with van der Waals surface area (Å²) in [5.41, 5.74) is 17.6. The highest BCUT2D eigenvalue weighted by atomic mass is 32.1. The number of nitrogens with zero attached hydrogens (tertiary/aromatic N) is 3. The first-order chi connectivity index (χ1) is 32.2. The van der Waals surface area contributed by atoms with Crippen LogP contribution in [-0.4, -0.2) is 16.6 Å². The van der Waals surface area contributed by atoms with Crippen molar-refractivity contribution in [2.75, 3.05) is 10.2 Å². The van der Waals surface area contributed by atoms with Gasteiger partial charge in [-0.1, -0.05) is 158 Å². The van der Waals surface area contributed by atoms with Gasteiger partial charge in [0.15, 0.2) is 0 Å². The monoisotopic (exact) mass is 850 g/mol. The summed E-state index contributed by atoms with van der Waals surface area (Å²) in [6, 6.07) is 68.8. The predicted octanol–water partition coefficient (Wildman–Crippen LogP) is 15.4. The van der Waals surface area contributed by atoms with E-state index in [1.165, 1.54) is 103 Å². The van der Waals surface area contributed by atoms with Crippen molar-refractivity contribution in [3.63, 3.8) is 0 Å². The highest BCUT2D eigenvalue weighted by Crippen LogP contribution is 2.54. The normalized spacial score (nSPS) is 18.6. The van der Waals surface area contributed by atoms with Gasteiger partial charge in [0.05, 0.1) is 17.1 Å². The number of thiophene rings is 1. The van der Waals surface area contributed by atoms with Crippen molar-refractivity contribution >= 4 is 76.2 Å². The average molecular weight is 851 g/mol. The van der Waals surface area contributed by atoms with Crippen LogP contribution in [0, 0.1) is 0 Å². The molecule has 0 bridgehead atoms. The summed E-state index contributed by atoms with van der Waals surface area (Å²) in [5, 5.41) is 9.14. The first-order valence-corrected chi connectivity index (χ1v) is 23.6. The van der Waals surface area contributed by atoms with E-state index in [1.54, 1.807) is 0 Å². The minimum Gasteiger partial charge on any atom is -0.326 e. The largest absolute Gasteiger partial charge is 0.326 e. The predicted molar refractivity (Wildman–Crippen MR) is 274 cm³/mol. The molecule has 2 aliphatic carbocycles. The van der Waals surface area contributed by atoms with Gasteiger partial charge in [0.2, 0.25) is 5.96 Å². The van der Waals surface area contributed by atoms with Gasteiger partial charge < -0.3 is 14.8 Å². The molecule has 1 N–H and O–H groups in total. The van der Waals surface area contributed by atoms with Gasteiger partial charge in [0.25, 0.3) is 0 Å². The van der Waals surface area contributed by atoms with Crippen LogP contribution in [0.25, 0.3) is 64.4 Å². The second-order valence-corrected chi connectivity index (χ2v) is 18.8. The molecular weight excluding hydrogens is 809 g/mol. The van der Waals surface area contributed by atoms with E-state index in [0.717, 1.165) is 24.5 Å². The molecule has 10 aromatic rings. The van der Waals surface area contributed by atoms with Crippen LogP contribution in [-0.2, 0) is 0 Å². The lowest BCUT2D eigenvalue weighted by Gasteiger charge is -2.38. The standard InChI is InChI=1S/C60H42N4S/c1-3-15-37(16-4-1)38-27-29-39(30-28-38)58-46-22-9-12-24-50(46)61-60(62-58)64-51-25-13-10-23-47(51)56-44-21-8-7-19-42(44)48(36-54(56)64)40-31-33-52-49(35-40)57-53(63(52)41-17-5-2-6-18-41)34-32-45-43-20-11-14-26-55(43)65-59(45)57/h1-6,8-18,20-36,54,56,58H,7,19H2,(H,61,62). The van der Waals surface area contributed by atoms with Crippen LogP contribution < -0.4 is 10.2 Å². The molecular formula is C60H42N4S. The second kappa shape index (κ2) is 14.4. The fourth-order valence-corrected chi connectivity index (χ4v) is 12.7. The van der Waals surface area contributed by atoms with E-state index in [-0.39, 0.29) is 18.0 Å². The number of rotatable bonds is 4.